The van der Waals surface area contributed by atoms with Gasteiger partial charge in [0, 0.05) is 11.3 Å². The van der Waals surface area contributed by atoms with Gasteiger partial charge in [0.2, 0.25) is 0 Å². The largest absolute Gasteiger partial charge is 0.478 e. The van der Waals surface area contributed by atoms with Crippen molar-refractivity contribution in [1.82, 2.24) is 0 Å². The Morgan fingerprint density at radius 2 is 1.61 bits per heavy atom. The van der Waals surface area contributed by atoms with Crippen molar-refractivity contribution in [2.45, 2.75) is 19.0 Å². The Hall–Kier alpha value is -3.22. The maximum absolute atomic E-state index is 13.4. The third-order valence-corrected chi connectivity index (χ3v) is 5.06. The molecule has 0 saturated heterocycles. The quantitative estimate of drug-likeness (QED) is 0.470. The lowest BCUT2D eigenvalue weighted by atomic mass is 10.0. The molecule has 0 aliphatic carbocycles. The topological polar surface area (TPSA) is 110 Å². The normalized spacial score (nSPS) is 12.3. The van der Waals surface area contributed by atoms with Crippen LogP contribution in [0.2, 0.25) is 0 Å². The minimum Gasteiger partial charge on any atom is -0.478 e. The number of aromatic carboxylic acids is 1. The lowest BCUT2D eigenvalue weighted by Gasteiger charge is -2.20. The maximum Gasteiger partial charge on any atom is 0.458 e. The molecule has 0 bridgehead atoms. The van der Waals surface area contributed by atoms with Crippen LogP contribution >= 0.6 is 0 Å². The zero-order valence-corrected chi connectivity index (χ0v) is 16.4. The zero-order valence-electron chi connectivity index (χ0n) is 15.5. The van der Waals surface area contributed by atoms with Gasteiger partial charge in [-0.1, -0.05) is 18.2 Å². The van der Waals surface area contributed by atoms with E-state index in [4.69, 9.17) is 4.18 Å². The second-order valence-corrected chi connectivity index (χ2v) is 7.88. The summed E-state index contributed by atoms with van der Waals surface area (Å²) in [5.41, 5.74) is -2.93. The molecule has 31 heavy (non-hydrogen) atoms. The molecule has 2 aromatic rings. The Balaban J connectivity index is 2.41. The van der Waals surface area contributed by atoms with Gasteiger partial charge in [-0.15, -0.1) is 0 Å². The minimum atomic E-state index is -5.82. The van der Waals surface area contributed by atoms with E-state index < -0.39 is 62.3 Å². The standard InChI is InChI=1S/C18H14F5NO6S/c1-2-31(28,29)30-13-5-3-4-12(16(26)27)14(13)15(25)24-11-8-6-10(7-9-11)17(19,20)18(21,22)23/h3-9H,2H2,1H3,(H,24,25)(H,26,27). The lowest BCUT2D eigenvalue weighted by molar-refractivity contribution is -0.289. The summed E-state index contributed by atoms with van der Waals surface area (Å²) in [6.07, 6.45) is -5.82. The van der Waals surface area contributed by atoms with Crippen LogP contribution in [0.1, 0.15) is 33.2 Å². The molecule has 0 heterocycles. The van der Waals surface area contributed by atoms with Gasteiger partial charge in [-0.2, -0.15) is 30.4 Å². The van der Waals surface area contributed by atoms with Gasteiger partial charge in [0.05, 0.1) is 16.9 Å². The molecule has 1 amide bonds. The van der Waals surface area contributed by atoms with Gasteiger partial charge in [-0.05, 0) is 31.2 Å². The van der Waals surface area contributed by atoms with Crippen molar-refractivity contribution in [2.75, 3.05) is 11.1 Å². The van der Waals surface area contributed by atoms with Gasteiger partial charge in [0.1, 0.15) is 0 Å². The fraction of sp³-hybridized carbons (Fsp3) is 0.222. The molecule has 0 spiro atoms. The van der Waals surface area contributed by atoms with Gasteiger partial charge in [0.15, 0.2) is 5.75 Å². The van der Waals surface area contributed by atoms with Crippen molar-refractivity contribution >= 4 is 27.7 Å². The highest BCUT2D eigenvalue weighted by molar-refractivity contribution is 7.87. The molecule has 2 rings (SSSR count). The van der Waals surface area contributed by atoms with Crippen LogP contribution in [0.4, 0.5) is 27.6 Å². The third-order valence-electron chi connectivity index (χ3n) is 3.92. The van der Waals surface area contributed by atoms with Crippen LogP contribution in [0.5, 0.6) is 5.75 Å². The smallest absolute Gasteiger partial charge is 0.458 e. The highest BCUT2D eigenvalue weighted by Gasteiger charge is 2.58. The number of halogens is 5. The number of alkyl halides is 5. The summed E-state index contributed by atoms with van der Waals surface area (Å²) in [6, 6.07) is 5.53. The van der Waals surface area contributed by atoms with Crippen molar-refractivity contribution in [2.24, 2.45) is 0 Å². The van der Waals surface area contributed by atoms with E-state index in [-0.39, 0.29) is 5.69 Å². The van der Waals surface area contributed by atoms with E-state index in [1.165, 1.54) is 6.92 Å². The van der Waals surface area contributed by atoms with Crippen LogP contribution in [0.25, 0.3) is 0 Å². The summed E-state index contributed by atoms with van der Waals surface area (Å²) < 4.78 is 92.3. The summed E-state index contributed by atoms with van der Waals surface area (Å²) in [7, 11) is -4.14. The van der Waals surface area contributed by atoms with E-state index in [0.29, 0.717) is 12.1 Å². The number of rotatable bonds is 7. The van der Waals surface area contributed by atoms with Crippen molar-refractivity contribution in [3.05, 3.63) is 59.2 Å². The van der Waals surface area contributed by atoms with Gasteiger partial charge in [0.25, 0.3) is 5.91 Å². The van der Waals surface area contributed by atoms with Crippen molar-refractivity contribution in [3.63, 3.8) is 0 Å². The first kappa shape index (κ1) is 24.1. The van der Waals surface area contributed by atoms with Crippen LogP contribution in [-0.2, 0) is 16.0 Å². The highest BCUT2D eigenvalue weighted by atomic mass is 32.2. The van der Waals surface area contributed by atoms with Gasteiger partial charge in [-0.25, -0.2) is 4.79 Å². The average molecular weight is 467 g/mol. The van der Waals surface area contributed by atoms with Crippen LogP contribution in [-0.4, -0.2) is 37.3 Å². The first-order valence-electron chi connectivity index (χ1n) is 8.34. The molecule has 13 heteroatoms. The highest BCUT2D eigenvalue weighted by Crippen LogP contribution is 2.44. The van der Waals surface area contributed by atoms with Gasteiger partial charge in [-0.3, -0.25) is 4.79 Å². The molecule has 0 unspecified atom stereocenters. The minimum absolute atomic E-state index is 0.254. The number of carboxylic acid groups (broad SMARTS) is 1. The fourth-order valence-electron chi connectivity index (χ4n) is 2.33. The number of carbonyl (C=O) groups is 2. The van der Waals surface area contributed by atoms with E-state index in [1.54, 1.807) is 0 Å². The number of anilines is 1. The predicted molar refractivity (Wildman–Crippen MR) is 97.8 cm³/mol. The number of benzene rings is 2. The van der Waals surface area contributed by atoms with Crippen LogP contribution in [0.15, 0.2) is 42.5 Å². The van der Waals surface area contributed by atoms with Gasteiger partial charge >= 0.3 is 28.2 Å². The number of carboxylic acids is 1. The van der Waals surface area contributed by atoms with Crippen molar-refractivity contribution < 1.29 is 49.2 Å². The molecule has 0 aromatic heterocycles. The second-order valence-electron chi connectivity index (χ2n) is 6.02. The molecule has 0 aliphatic rings. The number of nitrogens with one attached hydrogen (secondary N) is 1. The summed E-state index contributed by atoms with van der Waals surface area (Å²) in [5, 5.41) is 11.4. The first-order chi connectivity index (χ1) is 14.2. The molecule has 2 N–H and O–H groups in total. The molecule has 0 saturated carbocycles. The Morgan fingerprint density at radius 3 is 2.10 bits per heavy atom. The Morgan fingerprint density at radius 1 is 1.03 bits per heavy atom. The molecule has 0 aliphatic heterocycles. The zero-order chi connectivity index (χ0) is 23.6. The predicted octanol–water partition coefficient (Wildman–Crippen LogP) is 4.02. The van der Waals surface area contributed by atoms with E-state index >= 15 is 0 Å². The number of carbonyl (C=O) groups excluding carboxylic acids is 1. The Bertz CT molecular complexity index is 1100. The number of hydrogen-bond donors (Lipinski definition) is 2. The maximum atomic E-state index is 13.4. The first-order valence-corrected chi connectivity index (χ1v) is 9.92. The molecule has 0 radical (unpaired) electrons. The van der Waals surface area contributed by atoms with Crippen molar-refractivity contribution in [1.29, 1.82) is 0 Å². The molecule has 0 fully saturated rings. The molecule has 0 atom stereocenters. The fourth-order valence-corrected chi connectivity index (χ4v) is 2.86. The molecule has 7 nitrogen and oxygen atoms in total. The van der Waals surface area contributed by atoms with Crippen LogP contribution in [0.3, 0.4) is 0 Å². The van der Waals surface area contributed by atoms with Gasteiger partial charge < -0.3 is 14.6 Å². The molecule has 2 aromatic carbocycles. The summed E-state index contributed by atoms with van der Waals surface area (Å²) in [6.45, 7) is 1.24. The number of hydrogen-bond acceptors (Lipinski definition) is 5. The molecular weight excluding hydrogens is 453 g/mol. The monoisotopic (exact) mass is 467 g/mol. The summed E-state index contributed by atoms with van der Waals surface area (Å²) >= 11 is 0. The Kier molecular flexibility index (Phi) is 6.59. The molecule has 168 valence electrons. The lowest BCUT2D eigenvalue weighted by Crippen LogP contribution is -2.33. The molecular formula is C18H14F5NO6S. The average Bonchev–Trinajstić information content (AvgIpc) is 2.67. The summed E-state index contributed by atoms with van der Waals surface area (Å²) in [4.78, 5) is 24.0. The van der Waals surface area contributed by atoms with E-state index in [0.717, 1.165) is 30.3 Å². The Labute approximate surface area is 172 Å². The third kappa shape index (κ3) is 5.29. The SMILES string of the molecule is CCS(=O)(=O)Oc1cccc(C(=O)O)c1C(=O)Nc1ccc(C(F)(F)C(F)(F)F)cc1. The van der Waals surface area contributed by atoms with E-state index in [9.17, 15) is 45.1 Å². The second kappa shape index (κ2) is 8.49. The van der Waals surface area contributed by atoms with Crippen LogP contribution in [0, 0.1) is 0 Å². The van der Waals surface area contributed by atoms with Crippen LogP contribution < -0.4 is 9.50 Å². The van der Waals surface area contributed by atoms with E-state index in [2.05, 4.69) is 5.32 Å². The van der Waals surface area contributed by atoms with Crippen molar-refractivity contribution in [3.8, 4) is 5.75 Å². The summed E-state index contributed by atoms with van der Waals surface area (Å²) in [5.74, 6) is -8.99. The number of amides is 1. The van der Waals surface area contributed by atoms with E-state index in [1.807, 2.05) is 0 Å².